The van der Waals surface area contributed by atoms with Crippen molar-refractivity contribution in [1.29, 1.82) is 0 Å². The molecule has 2 heterocycles. The Bertz CT molecular complexity index is 896. The predicted octanol–water partition coefficient (Wildman–Crippen LogP) is -0.288. The zero-order valence-electron chi connectivity index (χ0n) is 14.4. The van der Waals surface area contributed by atoms with E-state index in [1.54, 1.807) is 0 Å². The molecule has 1 aromatic heterocycles. The first-order valence-corrected chi connectivity index (χ1v) is 8.30. The van der Waals surface area contributed by atoms with Crippen molar-refractivity contribution in [3.8, 4) is 0 Å². The van der Waals surface area contributed by atoms with E-state index in [1.807, 2.05) is 30.3 Å². The van der Waals surface area contributed by atoms with Gasteiger partial charge in [-0.2, -0.15) is 4.98 Å². The van der Waals surface area contributed by atoms with Crippen molar-refractivity contribution in [3.63, 3.8) is 0 Å². The third-order valence-corrected chi connectivity index (χ3v) is 4.00. The molecule has 0 unspecified atom stereocenters. The first-order valence-electron chi connectivity index (χ1n) is 8.30. The molecule has 0 radical (unpaired) electrons. The van der Waals surface area contributed by atoms with E-state index in [0.717, 1.165) is 10.1 Å². The molecule has 142 valence electrons. The lowest BCUT2D eigenvalue weighted by molar-refractivity contribution is -0.145. The molecular formula is C18H20N4O5. The van der Waals surface area contributed by atoms with Crippen LogP contribution in [-0.4, -0.2) is 39.4 Å². The fourth-order valence-corrected chi connectivity index (χ4v) is 2.66. The highest BCUT2D eigenvalue weighted by molar-refractivity contribution is 5.76. The van der Waals surface area contributed by atoms with Crippen molar-refractivity contribution in [3.05, 3.63) is 70.5 Å². The second-order valence-electron chi connectivity index (χ2n) is 6.08. The lowest BCUT2D eigenvalue weighted by Crippen LogP contribution is -2.35. The molecule has 0 saturated carbocycles. The van der Waals surface area contributed by atoms with Crippen molar-refractivity contribution in [2.24, 2.45) is 5.73 Å². The highest BCUT2D eigenvalue weighted by Gasteiger charge is 2.31. The molecular weight excluding hydrogens is 352 g/mol. The van der Waals surface area contributed by atoms with Gasteiger partial charge in [0.1, 0.15) is 30.3 Å². The zero-order valence-corrected chi connectivity index (χ0v) is 14.4. The number of hydrogen-bond donors (Lipinski definition) is 3. The van der Waals surface area contributed by atoms with E-state index in [9.17, 15) is 14.7 Å². The van der Waals surface area contributed by atoms with Crippen LogP contribution in [0.5, 0.6) is 0 Å². The number of aliphatic hydroxyl groups is 1. The highest BCUT2D eigenvalue weighted by Crippen LogP contribution is 2.25. The van der Waals surface area contributed by atoms with E-state index >= 15 is 0 Å². The summed E-state index contributed by atoms with van der Waals surface area (Å²) < 4.78 is 11.8. The maximum atomic E-state index is 12.1. The van der Waals surface area contributed by atoms with E-state index in [4.69, 9.17) is 20.9 Å². The topological polar surface area (TPSA) is 143 Å². The molecule has 9 nitrogen and oxygen atoms in total. The van der Waals surface area contributed by atoms with Gasteiger partial charge in [0.15, 0.2) is 0 Å². The van der Waals surface area contributed by atoms with Crippen molar-refractivity contribution < 1.29 is 19.4 Å². The lowest BCUT2D eigenvalue weighted by atomic mass is 10.1. The average Bonchev–Trinajstić information content (AvgIpc) is 3.01. The fourth-order valence-electron chi connectivity index (χ4n) is 2.66. The van der Waals surface area contributed by atoms with Gasteiger partial charge in [-0.25, -0.2) is 4.79 Å². The number of aliphatic hydroxyl groups excluding tert-OH is 1. The molecule has 9 heteroatoms. The van der Waals surface area contributed by atoms with E-state index in [2.05, 4.69) is 4.98 Å². The SMILES string of the molecule is Nc1ccn([C@@H]2OC(COC(=O)[C@@H](N)Cc3ccccc3)=C[C@H]2O)c(=O)n1. The van der Waals surface area contributed by atoms with Crippen molar-refractivity contribution in [2.45, 2.75) is 24.8 Å². The maximum absolute atomic E-state index is 12.1. The number of ether oxygens (including phenoxy) is 2. The van der Waals surface area contributed by atoms with Crippen molar-refractivity contribution >= 4 is 11.8 Å². The van der Waals surface area contributed by atoms with E-state index < -0.39 is 30.0 Å². The number of benzene rings is 1. The Kier molecular flexibility index (Phi) is 5.53. The van der Waals surface area contributed by atoms with Crippen molar-refractivity contribution in [2.75, 3.05) is 12.3 Å². The predicted molar refractivity (Wildman–Crippen MR) is 96.2 cm³/mol. The van der Waals surface area contributed by atoms with Gasteiger partial charge in [-0.05, 0) is 24.1 Å². The summed E-state index contributed by atoms with van der Waals surface area (Å²) in [6.45, 7) is -0.202. The second kappa shape index (κ2) is 8.02. The zero-order chi connectivity index (χ0) is 19.4. The first-order chi connectivity index (χ1) is 12.9. The summed E-state index contributed by atoms with van der Waals surface area (Å²) >= 11 is 0. The van der Waals surface area contributed by atoms with Gasteiger partial charge in [-0.3, -0.25) is 9.36 Å². The number of carbonyl (C=O) groups excluding carboxylic acids is 1. The van der Waals surface area contributed by atoms with Gasteiger partial charge in [0.05, 0.1) is 0 Å². The van der Waals surface area contributed by atoms with Crippen LogP contribution in [0.25, 0.3) is 0 Å². The van der Waals surface area contributed by atoms with Crippen LogP contribution in [0.2, 0.25) is 0 Å². The van der Waals surface area contributed by atoms with E-state index in [0.29, 0.717) is 6.42 Å². The van der Waals surface area contributed by atoms with Crippen LogP contribution in [0, 0.1) is 0 Å². The molecule has 0 aliphatic carbocycles. The van der Waals surface area contributed by atoms with E-state index in [-0.39, 0.29) is 18.2 Å². The average molecular weight is 372 g/mol. The molecule has 3 atom stereocenters. The third-order valence-electron chi connectivity index (χ3n) is 4.00. The summed E-state index contributed by atoms with van der Waals surface area (Å²) in [6, 6.07) is 9.93. The van der Waals surface area contributed by atoms with Crippen LogP contribution in [0.3, 0.4) is 0 Å². The summed E-state index contributed by atoms with van der Waals surface area (Å²) in [6.07, 6.45) is 0.981. The van der Waals surface area contributed by atoms with Gasteiger partial charge in [0.25, 0.3) is 0 Å². The van der Waals surface area contributed by atoms with Crippen LogP contribution >= 0.6 is 0 Å². The third kappa shape index (κ3) is 4.52. The number of nitrogens with zero attached hydrogens (tertiary/aromatic N) is 2. The monoisotopic (exact) mass is 372 g/mol. The fraction of sp³-hybridized carbons (Fsp3) is 0.278. The van der Waals surface area contributed by atoms with Crippen LogP contribution < -0.4 is 17.2 Å². The van der Waals surface area contributed by atoms with Crippen LogP contribution in [0.15, 0.2) is 59.2 Å². The number of nitrogen functional groups attached to an aromatic ring is 1. The summed E-state index contributed by atoms with van der Waals surface area (Å²) in [7, 11) is 0. The van der Waals surface area contributed by atoms with Gasteiger partial charge < -0.3 is 26.0 Å². The summed E-state index contributed by atoms with van der Waals surface area (Å²) in [5.74, 6) is -0.303. The lowest BCUT2D eigenvalue weighted by Gasteiger charge is -2.18. The van der Waals surface area contributed by atoms with Crippen LogP contribution in [0.1, 0.15) is 11.8 Å². The molecule has 0 fully saturated rings. The molecule has 0 spiro atoms. The first kappa shape index (κ1) is 18.6. The summed E-state index contributed by atoms with van der Waals surface area (Å²) in [5.41, 5.74) is 11.6. The van der Waals surface area contributed by atoms with Gasteiger partial charge in [0, 0.05) is 6.20 Å². The molecule has 0 bridgehead atoms. The molecule has 1 aliphatic heterocycles. The summed E-state index contributed by atoms with van der Waals surface area (Å²) in [5, 5.41) is 10.1. The van der Waals surface area contributed by atoms with E-state index in [1.165, 1.54) is 18.3 Å². The number of hydrogen-bond acceptors (Lipinski definition) is 8. The number of anilines is 1. The number of esters is 1. The smallest absolute Gasteiger partial charge is 0.352 e. The Balaban J connectivity index is 1.55. The number of aromatic nitrogens is 2. The highest BCUT2D eigenvalue weighted by atomic mass is 16.6. The normalized spacial score (nSPS) is 19.9. The van der Waals surface area contributed by atoms with Gasteiger partial charge in [-0.1, -0.05) is 30.3 Å². The van der Waals surface area contributed by atoms with Gasteiger partial charge in [0.2, 0.25) is 6.23 Å². The van der Waals surface area contributed by atoms with Gasteiger partial charge in [-0.15, -0.1) is 0 Å². The van der Waals surface area contributed by atoms with Gasteiger partial charge >= 0.3 is 11.7 Å². The van der Waals surface area contributed by atoms with Crippen LogP contribution in [-0.2, 0) is 20.7 Å². The standard InChI is InChI=1S/C18H20N4O5/c19-13(8-11-4-2-1-3-5-11)17(24)26-10-12-9-14(23)16(27-12)22-7-6-15(20)21-18(22)25/h1-7,9,13-14,16,23H,8,10,19H2,(H2,20,21,25)/t13-,14+,16+/m0/s1. The Morgan fingerprint density at radius 3 is 2.78 bits per heavy atom. The summed E-state index contributed by atoms with van der Waals surface area (Å²) in [4.78, 5) is 27.5. The Morgan fingerprint density at radius 2 is 2.07 bits per heavy atom. The molecule has 5 N–H and O–H groups in total. The Labute approximate surface area is 154 Å². The van der Waals surface area contributed by atoms with Crippen molar-refractivity contribution in [1.82, 2.24) is 9.55 Å². The molecule has 1 aromatic carbocycles. The number of nitrogens with two attached hydrogens (primary N) is 2. The second-order valence-corrected chi connectivity index (χ2v) is 6.08. The molecule has 3 rings (SSSR count). The quantitative estimate of drug-likeness (QED) is 0.587. The maximum Gasteiger partial charge on any atom is 0.352 e. The minimum absolute atomic E-state index is 0.0678. The van der Waals surface area contributed by atoms with Crippen LogP contribution in [0.4, 0.5) is 5.82 Å². The molecule has 27 heavy (non-hydrogen) atoms. The minimum atomic E-state index is -1.10. The largest absolute Gasteiger partial charge is 0.468 e. The molecule has 2 aromatic rings. The number of rotatable bonds is 6. The number of carbonyl (C=O) groups is 1. The molecule has 0 saturated heterocycles. The Morgan fingerprint density at radius 1 is 1.33 bits per heavy atom. The molecule has 0 amide bonds. The molecule has 1 aliphatic rings. The Hall–Kier alpha value is -3.17. The minimum Gasteiger partial charge on any atom is -0.468 e.